The predicted octanol–water partition coefficient (Wildman–Crippen LogP) is 2.57. The highest BCUT2D eigenvalue weighted by Gasteiger charge is 2.34. The van der Waals surface area contributed by atoms with Gasteiger partial charge in [-0.05, 0) is 22.3 Å². The summed E-state index contributed by atoms with van der Waals surface area (Å²) in [6.07, 6.45) is -0.714. The van der Waals surface area contributed by atoms with Crippen molar-refractivity contribution < 1.29 is 29.0 Å². The average Bonchev–Trinajstić information content (AvgIpc) is 3.16. The van der Waals surface area contributed by atoms with Gasteiger partial charge in [-0.25, -0.2) is 4.79 Å². The highest BCUT2D eigenvalue weighted by Crippen LogP contribution is 2.44. The van der Waals surface area contributed by atoms with E-state index in [1.165, 1.54) is 23.8 Å². The Bertz CT molecular complexity index is 1000. The number of rotatable bonds is 7. The summed E-state index contributed by atoms with van der Waals surface area (Å²) in [4.78, 5) is 38.3. The number of hydrogen-bond acceptors (Lipinski definition) is 6. The van der Waals surface area contributed by atoms with E-state index in [1.54, 1.807) is 0 Å². The van der Waals surface area contributed by atoms with Crippen molar-refractivity contribution in [1.29, 1.82) is 0 Å². The summed E-state index contributed by atoms with van der Waals surface area (Å²) in [6.45, 7) is 0.602. The van der Waals surface area contributed by atoms with Crippen molar-refractivity contribution in [2.75, 3.05) is 39.2 Å². The van der Waals surface area contributed by atoms with Crippen molar-refractivity contribution in [2.45, 2.75) is 17.2 Å². The first-order valence-corrected chi connectivity index (χ1v) is 11.8. The molecule has 2 aromatic carbocycles. The molecule has 1 heterocycles. The van der Waals surface area contributed by atoms with E-state index < -0.39 is 23.4 Å². The quantitative estimate of drug-likeness (QED) is 0.641. The summed E-state index contributed by atoms with van der Waals surface area (Å²) in [7, 11) is 1.44. The number of carboxylic acids is 1. The van der Waals surface area contributed by atoms with Crippen LogP contribution in [0, 0.1) is 0 Å². The molecule has 2 N–H and O–H groups in total. The Hall–Kier alpha value is -3.04. The van der Waals surface area contributed by atoms with Crippen LogP contribution in [0.15, 0.2) is 48.5 Å². The number of nitrogens with zero attached hydrogens (tertiary/aromatic N) is 1. The minimum Gasteiger partial charge on any atom is -0.480 e. The molecule has 1 aliphatic heterocycles. The minimum absolute atomic E-state index is 0.0373. The van der Waals surface area contributed by atoms with Gasteiger partial charge in [-0.15, -0.1) is 11.8 Å². The Morgan fingerprint density at radius 1 is 1.12 bits per heavy atom. The van der Waals surface area contributed by atoms with Gasteiger partial charge >= 0.3 is 12.1 Å². The number of carbonyl (C=O) groups excluding carboxylic acids is 2. The average molecular weight is 471 g/mol. The normalized spacial score (nSPS) is 18.2. The zero-order valence-electron chi connectivity index (χ0n) is 18.2. The van der Waals surface area contributed by atoms with Gasteiger partial charge in [-0.1, -0.05) is 48.5 Å². The number of methoxy groups -OCH3 is 1. The lowest BCUT2D eigenvalue weighted by atomic mass is 9.98. The lowest BCUT2D eigenvalue weighted by Gasteiger charge is -2.33. The van der Waals surface area contributed by atoms with E-state index in [0.29, 0.717) is 12.3 Å². The fraction of sp³-hybridized carbons (Fsp3) is 0.375. The molecule has 1 fully saturated rings. The van der Waals surface area contributed by atoms with Crippen LogP contribution < -0.4 is 5.32 Å². The number of ether oxygens (including phenoxy) is 2. The fourth-order valence-corrected chi connectivity index (χ4v) is 5.38. The Balaban J connectivity index is 1.40. The maximum Gasteiger partial charge on any atom is 0.407 e. The van der Waals surface area contributed by atoms with Gasteiger partial charge in [0.25, 0.3) is 0 Å². The maximum atomic E-state index is 13.0. The molecule has 2 aromatic rings. The van der Waals surface area contributed by atoms with Crippen LogP contribution in [-0.2, 0) is 19.1 Å². The highest BCUT2D eigenvalue weighted by molar-refractivity contribution is 8.00. The number of thioether (sulfide) groups is 1. The van der Waals surface area contributed by atoms with Crippen molar-refractivity contribution in [2.24, 2.45) is 0 Å². The Morgan fingerprint density at radius 3 is 2.36 bits per heavy atom. The molecule has 2 atom stereocenters. The van der Waals surface area contributed by atoms with Crippen molar-refractivity contribution >= 4 is 29.7 Å². The Kier molecular flexibility index (Phi) is 7.20. The van der Waals surface area contributed by atoms with Crippen molar-refractivity contribution in [3.05, 3.63) is 59.7 Å². The SMILES string of the molecule is COC[C@H](NC(=O)OCC1c2ccccc2-c2ccccc21)C(=O)N1CCSC(C(=O)O)C1. The van der Waals surface area contributed by atoms with Crippen LogP contribution in [0.25, 0.3) is 11.1 Å². The largest absolute Gasteiger partial charge is 0.480 e. The number of fused-ring (bicyclic) bond motifs is 3. The third-order valence-electron chi connectivity index (χ3n) is 5.92. The van der Waals surface area contributed by atoms with Gasteiger partial charge in [0.05, 0.1) is 6.61 Å². The van der Waals surface area contributed by atoms with Crippen LogP contribution in [0.4, 0.5) is 4.79 Å². The Labute approximate surface area is 196 Å². The minimum atomic E-state index is -0.955. The second kappa shape index (κ2) is 10.3. The molecule has 0 spiro atoms. The molecule has 1 saturated heterocycles. The summed E-state index contributed by atoms with van der Waals surface area (Å²) >= 11 is 1.31. The topological polar surface area (TPSA) is 105 Å². The van der Waals surface area contributed by atoms with E-state index in [1.807, 2.05) is 36.4 Å². The van der Waals surface area contributed by atoms with Crippen LogP contribution in [0.2, 0.25) is 0 Å². The standard InChI is InChI=1S/C24H26N2O6S/c1-31-14-20(22(27)26-10-11-33-21(12-26)23(28)29)25-24(30)32-13-19-17-8-4-2-6-15(17)16-7-3-5-9-18(16)19/h2-9,19-21H,10-14H2,1H3,(H,25,30)(H,28,29)/t20-,21?/m0/s1. The van der Waals surface area contributed by atoms with Gasteiger partial charge < -0.3 is 24.8 Å². The first kappa shape index (κ1) is 23.1. The maximum absolute atomic E-state index is 13.0. The van der Waals surface area contributed by atoms with Gasteiger partial charge in [-0.2, -0.15) is 0 Å². The van der Waals surface area contributed by atoms with Crippen LogP contribution in [0.1, 0.15) is 17.0 Å². The monoisotopic (exact) mass is 470 g/mol. The number of amides is 2. The third kappa shape index (κ3) is 4.99. The van der Waals surface area contributed by atoms with Gasteiger partial charge in [0.2, 0.25) is 5.91 Å². The summed E-state index contributed by atoms with van der Waals surface area (Å²) in [6, 6.07) is 15.1. The number of benzene rings is 2. The summed E-state index contributed by atoms with van der Waals surface area (Å²) in [5.41, 5.74) is 4.46. The predicted molar refractivity (Wildman–Crippen MR) is 124 cm³/mol. The number of carboxylic acid groups (broad SMARTS) is 1. The van der Waals surface area contributed by atoms with Crippen molar-refractivity contribution in [1.82, 2.24) is 10.2 Å². The molecule has 2 amide bonds. The van der Waals surface area contributed by atoms with Crippen LogP contribution in [0.5, 0.6) is 0 Å². The number of aliphatic carboxylic acids is 1. The molecule has 2 aliphatic rings. The molecular formula is C24H26N2O6S. The smallest absolute Gasteiger partial charge is 0.407 e. The summed E-state index contributed by atoms with van der Waals surface area (Å²) in [5, 5.41) is 11.2. The first-order valence-electron chi connectivity index (χ1n) is 10.7. The van der Waals surface area contributed by atoms with Crippen molar-refractivity contribution in [3.63, 3.8) is 0 Å². The molecule has 8 nitrogen and oxygen atoms in total. The lowest BCUT2D eigenvalue weighted by Crippen LogP contribution is -2.54. The zero-order valence-corrected chi connectivity index (χ0v) is 19.0. The molecule has 0 saturated carbocycles. The number of nitrogens with one attached hydrogen (secondary N) is 1. The molecule has 1 aliphatic carbocycles. The number of alkyl carbamates (subject to hydrolysis) is 1. The van der Waals surface area contributed by atoms with E-state index >= 15 is 0 Å². The second-order valence-electron chi connectivity index (χ2n) is 7.96. The van der Waals surface area contributed by atoms with E-state index in [-0.39, 0.29) is 31.6 Å². The van der Waals surface area contributed by atoms with Gasteiger partial charge in [0.15, 0.2) is 0 Å². The number of carbonyl (C=O) groups is 3. The van der Waals surface area contributed by atoms with Crippen LogP contribution >= 0.6 is 11.8 Å². The molecule has 0 radical (unpaired) electrons. The third-order valence-corrected chi connectivity index (χ3v) is 7.09. The molecule has 0 aromatic heterocycles. The van der Waals surface area contributed by atoms with Gasteiger partial charge in [0.1, 0.15) is 17.9 Å². The Morgan fingerprint density at radius 2 is 1.76 bits per heavy atom. The van der Waals surface area contributed by atoms with Gasteiger partial charge in [0, 0.05) is 31.9 Å². The fourth-order valence-electron chi connectivity index (χ4n) is 4.34. The molecule has 1 unspecified atom stereocenters. The van der Waals surface area contributed by atoms with E-state index in [4.69, 9.17) is 9.47 Å². The summed E-state index contributed by atoms with van der Waals surface area (Å²) < 4.78 is 10.7. The van der Waals surface area contributed by atoms with E-state index in [9.17, 15) is 19.5 Å². The zero-order chi connectivity index (χ0) is 23.4. The molecule has 0 bridgehead atoms. The molecule has 33 heavy (non-hydrogen) atoms. The van der Waals surface area contributed by atoms with Crippen molar-refractivity contribution in [3.8, 4) is 11.1 Å². The number of hydrogen-bond donors (Lipinski definition) is 2. The molecule has 174 valence electrons. The molecule has 4 rings (SSSR count). The summed E-state index contributed by atoms with van der Waals surface area (Å²) in [5.74, 6) is -0.898. The lowest BCUT2D eigenvalue weighted by molar-refractivity contribution is -0.139. The molecule has 9 heteroatoms. The van der Waals surface area contributed by atoms with Crippen LogP contribution in [0.3, 0.4) is 0 Å². The molecular weight excluding hydrogens is 444 g/mol. The second-order valence-corrected chi connectivity index (χ2v) is 9.27. The highest BCUT2D eigenvalue weighted by atomic mass is 32.2. The first-order chi connectivity index (χ1) is 16.0. The van der Waals surface area contributed by atoms with Crippen LogP contribution in [-0.4, -0.2) is 78.4 Å². The van der Waals surface area contributed by atoms with E-state index in [2.05, 4.69) is 17.4 Å². The van der Waals surface area contributed by atoms with Gasteiger partial charge in [-0.3, -0.25) is 9.59 Å². The van der Waals surface area contributed by atoms with E-state index in [0.717, 1.165) is 22.3 Å².